The number of ether oxygens (including phenoxy) is 2. The summed E-state index contributed by atoms with van der Waals surface area (Å²) in [5, 5.41) is 10.7. The molecule has 1 N–H and O–H groups in total. The highest BCUT2D eigenvalue weighted by molar-refractivity contribution is 5.93. The molecule has 1 unspecified atom stereocenters. The number of aromatic nitrogens is 2. The van der Waals surface area contributed by atoms with Crippen LogP contribution in [-0.4, -0.2) is 46.3 Å². The fourth-order valence-corrected chi connectivity index (χ4v) is 6.65. The molecule has 3 aromatic carbocycles. The van der Waals surface area contributed by atoms with Gasteiger partial charge in [-0.1, -0.05) is 50.2 Å². The minimum atomic E-state index is -1.30. The van der Waals surface area contributed by atoms with E-state index in [0.29, 0.717) is 66.6 Å². The van der Waals surface area contributed by atoms with E-state index in [0.717, 1.165) is 35.2 Å². The van der Waals surface area contributed by atoms with E-state index >= 15 is 0 Å². The lowest BCUT2D eigenvalue weighted by Crippen LogP contribution is -2.39. The summed E-state index contributed by atoms with van der Waals surface area (Å²) in [4.78, 5) is 25.1. The Morgan fingerprint density at radius 2 is 1.55 bits per heavy atom. The molecule has 3 heterocycles. The van der Waals surface area contributed by atoms with E-state index in [1.165, 1.54) is 24.3 Å². The van der Waals surface area contributed by atoms with Crippen molar-refractivity contribution in [3.8, 4) is 28.5 Å². The maximum Gasteiger partial charge on any atom is 0.337 e. The summed E-state index contributed by atoms with van der Waals surface area (Å²) in [5.74, 6) is -0.190. The molecule has 5 aromatic rings. The fourth-order valence-electron chi connectivity index (χ4n) is 6.65. The van der Waals surface area contributed by atoms with Crippen molar-refractivity contribution < 1.29 is 32.6 Å². The monoisotopic (exact) mass is 723 g/mol. The number of rotatable bonds is 12. The van der Waals surface area contributed by atoms with Gasteiger partial charge < -0.3 is 23.9 Å². The van der Waals surface area contributed by atoms with Gasteiger partial charge in [0.25, 0.3) is 0 Å². The maximum absolute atomic E-state index is 13.6. The van der Waals surface area contributed by atoms with Crippen LogP contribution >= 0.6 is 0 Å². The van der Waals surface area contributed by atoms with Gasteiger partial charge in [0.2, 0.25) is 5.89 Å². The number of hydrogen-bond acceptors (Lipinski definition) is 7. The predicted molar refractivity (Wildman–Crippen MR) is 201 cm³/mol. The van der Waals surface area contributed by atoms with Gasteiger partial charge in [0.05, 0.1) is 24.1 Å². The van der Waals surface area contributed by atoms with Crippen molar-refractivity contribution in [2.75, 3.05) is 24.6 Å². The van der Waals surface area contributed by atoms with E-state index in [2.05, 4.69) is 23.7 Å². The lowest BCUT2D eigenvalue weighted by molar-refractivity contribution is -0.160. The van der Waals surface area contributed by atoms with Gasteiger partial charge in [-0.25, -0.2) is 23.5 Å². The average Bonchev–Trinajstić information content (AvgIpc) is 3.57. The molecule has 0 amide bonds. The number of benzene rings is 3. The Kier molecular flexibility index (Phi) is 11.0. The van der Waals surface area contributed by atoms with Gasteiger partial charge in [0, 0.05) is 42.8 Å². The van der Waals surface area contributed by atoms with Gasteiger partial charge in [0.1, 0.15) is 28.8 Å². The topological polar surface area (TPSA) is 97.9 Å². The van der Waals surface area contributed by atoms with Gasteiger partial charge in [-0.15, -0.1) is 0 Å². The van der Waals surface area contributed by atoms with Crippen LogP contribution in [0.2, 0.25) is 0 Å². The first-order valence-corrected chi connectivity index (χ1v) is 18.0. The van der Waals surface area contributed by atoms with Crippen LogP contribution in [0.4, 0.5) is 14.5 Å². The smallest absolute Gasteiger partial charge is 0.337 e. The van der Waals surface area contributed by atoms with E-state index in [1.54, 1.807) is 30.5 Å². The molecule has 6 rings (SSSR count). The van der Waals surface area contributed by atoms with Gasteiger partial charge in [0.15, 0.2) is 6.10 Å². The number of nitrogens with zero attached hydrogens (tertiary/aromatic N) is 3. The summed E-state index contributed by atoms with van der Waals surface area (Å²) >= 11 is 0. The number of halogens is 2. The first kappa shape index (κ1) is 37.7. The number of aliphatic carboxylic acids is 1. The average molecular weight is 724 g/mol. The van der Waals surface area contributed by atoms with Gasteiger partial charge in [-0.2, -0.15) is 0 Å². The molecule has 2 aromatic heterocycles. The summed E-state index contributed by atoms with van der Waals surface area (Å²) in [6.45, 7) is 13.6. The molecule has 1 aliphatic heterocycles. The first-order valence-electron chi connectivity index (χ1n) is 18.0. The lowest BCUT2D eigenvalue weighted by atomic mass is 9.81. The Hall–Kier alpha value is -5.09. The number of carboxylic acid groups (broad SMARTS) is 1. The Morgan fingerprint density at radius 3 is 2.13 bits per heavy atom. The SMILES string of the molecule is Cc1nc(-c2ncc(Cc3ccc(F)cc3)o2)c(-c2ccc(OCCc3ccc(F)cc3)cc2)c(N2CCC(C)(C)CC2)c1C(OC(C)(C)C)C(=O)O. The van der Waals surface area contributed by atoms with Gasteiger partial charge >= 0.3 is 5.97 Å². The largest absolute Gasteiger partial charge is 0.493 e. The number of carboxylic acids is 1. The van der Waals surface area contributed by atoms with Crippen LogP contribution in [0.15, 0.2) is 83.4 Å². The second kappa shape index (κ2) is 15.5. The van der Waals surface area contributed by atoms with Gasteiger partial charge in [-0.3, -0.25) is 0 Å². The van der Waals surface area contributed by atoms with Crippen LogP contribution < -0.4 is 9.64 Å². The third-order valence-corrected chi connectivity index (χ3v) is 9.55. The molecule has 1 fully saturated rings. The zero-order chi connectivity index (χ0) is 37.9. The molecule has 0 spiro atoms. The van der Waals surface area contributed by atoms with Crippen molar-refractivity contribution in [2.24, 2.45) is 5.41 Å². The second-order valence-corrected chi connectivity index (χ2v) is 15.5. The molecular formula is C43H47F2N3O5. The number of oxazole rings is 1. The minimum absolute atomic E-state index is 0.126. The quantitative estimate of drug-likeness (QED) is 0.136. The van der Waals surface area contributed by atoms with Crippen LogP contribution in [0, 0.1) is 24.0 Å². The summed E-state index contributed by atoms with van der Waals surface area (Å²) < 4.78 is 45.7. The molecule has 0 saturated carbocycles. The Morgan fingerprint density at radius 1 is 0.943 bits per heavy atom. The Balaban J connectivity index is 1.47. The molecule has 0 radical (unpaired) electrons. The normalized spacial score (nSPS) is 15.0. The van der Waals surface area contributed by atoms with Crippen molar-refractivity contribution in [2.45, 2.75) is 78.9 Å². The molecule has 1 atom stereocenters. The van der Waals surface area contributed by atoms with E-state index in [-0.39, 0.29) is 22.9 Å². The summed E-state index contributed by atoms with van der Waals surface area (Å²) in [6.07, 6.45) is 3.18. The van der Waals surface area contributed by atoms with Gasteiger partial charge in [-0.05, 0) is 99.0 Å². The third-order valence-electron chi connectivity index (χ3n) is 9.55. The minimum Gasteiger partial charge on any atom is -0.493 e. The molecule has 278 valence electrons. The predicted octanol–water partition coefficient (Wildman–Crippen LogP) is 9.77. The van der Waals surface area contributed by atoms with Crippen LogP contribution in [0.1, 0.15) is 81.7 Å². The van der Waals surface area contributed by atoms with Crippen LogP contribution in [0.3, 0.4) is 0 Å². The standard InChI is InChI=1S/C43H47F2N3O5/c1-27-35(39(41(49)50)53-42(2,3)4)38(48-22-20-43(5,6)21-23-48)36(30-11-17-33(18-12-30)51-24-19-28-7-13-31(44)14-8-28)37(47-27)40-46-26-34(52-40)25-29-9-15-32(45)16-10-29/h7-18,26,39H,19-25H2,1-6H3,(H,49,50). The highest BCUT2D eigenvalue weighted by Crippen LogP contribution is 2.47. The van der Waals surface area contributed by atoms with Crippen molar-refractivity contribution in [1.82, 2.24) is 9.97 Å². The zero-order valence-electron chi connectivity index (χ0n) is 31.2. The van der Waals surface area contributed by atoms with Crippen LogP contribution in [0.25, 0.3) is 22.7 Å². The number of piperidine rings is 1. The lowest BCUT2D eigenvalue weighted by Gasteiger charge is -2.41. The molecule has 1 aliphatic rings. The number of hydrogen-bond donors (Lipinski definition) is 1. The Labute approximate surface area is 309 Å². The first-order chi connectivity index (χ1) is 25.2. The molecular weight excluding hydrogens is 676 g/mol. The number of anilines is 1. The van der Waals surface area contributed by atoms with E-state index in [4.69, 9.17) is 18.9 Å². The molecule has 8 nitrogen and oxygen atoms in total. The maximum atomic E-state index is 13.6. The van der Waals surface area contributed by atoms with Crippen molar-refractivity contribution in [3.63, 3.8) is 0 Å². The van der Waals surface area contributed by atoms with Crippen LogP contribution in [0.5, 0.6) is 5.75 Å². The van der Waals surface area contributed by atoms with E-state index in [9.17, 15) is 18.7 Å². The summed E-state index contributed by atoms with van der Waals surface area (Å²) in [5.41, 5.74) is 4.84. The van der Waals surface area contributed by atoms with Crippen molar-refractivity contribution >= 4 is 11.7 Å². The number of aryl methyl sites for hydroxylation is 1. The van der Waals surface area contributed by atoms with E-state index in [1.807, 2.05) is 52.0 Å². The molecule has 10 heteroatoms. The highest BCUT2D eigenvalue weighted by atomic mass is 19.1. The summed E-state index contributed by atoms with van der Waals surface area (Å²) in [7, 11) is 0. The summed E-state index contributed by atoms with van der Waals surface area (Å²) in [6, 6.07) is 20.2. The highest BCUT2D eigenvalue weighted by Gasteiger charge is 2.37. The molecule has 53 heavy (non-hydrogen) atoms. The number of carbonyl (C=O) groups is 1. The second-order valence-electron chi connectivity index (χ2n) is 15.5. The van der Waals surface area contributed by atoms with Crippen LogP contribution in [-0.2, 0) is 22.4 Å². The molecule has 0 bridgehead atoms. The third kappa shape index (κ3) is 9.29. The Bertz CT molecular complexity index is 2030. The molecule has 0 aliphatic carbocycles. The zero-order valence-corrected chi connectivity index (χ0v) is 31.2. The van der Waals surface area contributed by atoms with E-state index < -0.39 is 17.7 Å². The van der Waals surface area contributed by atoms with Crippen molar-refractivity contribution in [1.29, 1.82) is 0 Å². The number of pyridine rings is 1. The molecule has 1 saturated heterocycles. The fraction of sp³-hybridized carbons (Fsp3) is 0.372. The van der Waals surface area contributed by atoms with Crippen molar-refractivity contribution in [3.05, 3.63) is 119 Å².